The summed E-state index contributed by atoms with van der Waals surface area (Å²) in [5, 5.41) is 9.75. The fourth-order valence-electron chi connectivity index (χ4n) is 1.36. The molecule has 0 saturated carbocycles. The molecule has 0 radical (unpaired) electrons. The Kier molecular flexibility index (Phi) is 4.84. The molecule has 0 spiro atoms. The van der Waals surface area contributed by atoms with Crippen molar-refractivity contribution in [1.29, 1.82) is 0 Å². The molecule has 1 aromatic rings. The van der Waals surface area contributed by atoms with Gasteiger partial charge < -0.3 is 10.1 Å². The van der Waals surface area contributed by atoms with Crippen LogP contribution >= 0.6 is 0 Å². The Hall–Kier alpha value is -1.20. The summed E-state index contributed by atoms with van der Waals surface area (Å²) in [7, 11) is 1.65. The van der Waals surface area contributed by atoms with Gasteiger partial charge in [0, 0.05) is 31.2 Å². The van der Waals surface area contributed by atoms with Crippen molar-refractivity contribution in [2.45, 2.75) is 32.7 Å². The van der Waals surface area contributed by atoms with Crippen LogP contribution in [0.5, 0.6) is 0 Å². The van der Waals surface area contributed by atoms with E-state index >= 15 is 0 Å². The van der Waals surface area contributed by atoms with Crippen molar-refractivity contribution in [3.63, 3.8) is 0 Å². The predicted octanol–water partition coefficient (Wildman–Crippen LogP) is 0.803. The van der Waals surface area contributed by atoms with Crippen LogP contribution in [0, 0.1) is 0 Å². The molecule has 1 heterocycles. The van der Waals surface area contributed by atoms with Crippen molar-refractivity contribution in [3.05, 3.63) is 27.7 Å². The van der Waals surface area contributed by atoms with Gasteiger partial charge in [-0.15, -0.1) is 0 Å². The lowest BCUT2D eigenvalue weighted by atomic mass is 9.91. The number of aromatic amines is 1. The van der Waals surface area contributed by atoms with E-state index in [0.29, 0.717) is 18.7 Å². The third-order valence-corrected chi connectivity index (χ3v) is 2.45. The van der Waals surface area contributed by atoms with Gasteiger partial charge in [0.05, 0.1) is 12.3 Å². The maximum absolute atomic E-state index is 11.6. The molecule has 0 atom stereocenters. The summed E-state index contributed by atoms with van der Waals surface area (Å²) in [6.45, 7) is 8.09. The fourth-order valence-corrected chi connectivity index (χ4v) is 1.36. The van der Waals surface area contributed by atoms with Crippen LogP contribution in [0.1, 0.15) is 32.0 Å². The molecule has 5 heteroatoms. The molecule has 96 valence electrons. The van der Waals surface area contributed by atoms with Crippen molar-refractivity contribution >= 4 is 0 Å². The highest BCUT2D eigenvalue weighted by atomic mass is 16.5. The van der Waals surface area contributed by atoms with Crippen molar-refractivity contribution in [2.75, 3.05) is 20.3 Å². The van der Waals surface area contributed by atoms with Gasteiger partial charge in [-0.1, -0.05) is 20.8 Å². The van der Waals surface area contributed by atoms with E-state index in [0.717, 1.165) is 12.2 Å². The average molecular weight is 239 g/mol. The summed E-state index contributed by atoms with van der Waals surface area (Å²) in [4.78, 5) is 11.6. The molecule has 2 N–H and O–H groups in total. The summed E-state index contributed by atoms with van der Waals surface area (Å²) in [5.74, 6) is 0. The number of ether oxygens (including phenoxy) is 1. The lowest BCUT2D eigenvalue weighted by Gasteiger charge is -2.17. The highest BCUT2D eigenvalue weighted by Gasteiger charge is 2.17. The first-order chi connectivity index (χ1) is 7.95. The van der Waals surface area contributed by atoms with Crippen LogP contribution in [-0.4, -0.2) is 30.5 Å². The highest BCUT2D eigenvalue weighted by molar-refractivity contribution is 5.18. The smallest absolute Gasteiger partial charge is 0.268 e. The van der Waals surface area contributed by atoms with E-state index in [4.69, 9.17) is 4.74 Å². The Morgan fingerprint density at radius 3 is 2.76 bits per heavy atom. The zero-order valence-corrected chi connectivity index (χ0v) is 11.0. The van der Waals surface area contributed by atoms with Crippen molar-refractivity contribution in [1.82, 2.24) is 15.5 Å². The van der Waals surface area contributed by atoms with E-state index in [1.165, 1.54) is 0 Å². The van der Waals surface area contributed by atoms with E-state index in [1.54, 1.807) is 7.11 Å². The summed E-state index contributed by atoms with van der Waals surface area (Å²) < 4.78 is 4.93. The van der Waals surface area contributed by atoms with Gasteiger partial charge in [0.2, 0.25) is 0 Å². The number of hydrogen-bond donors (Lipinski definition) is 2. The molecule has 0 unspecified atom stereocenters. The minimum atomic E-state index is -0.136. The van der Waals surface area contributed by atoms with Gasteiger partial charge in [-0.3, -0.25) is 4.79 Å². The molecule has 0 aliphatic heterocycles. The van der Waals surface area contributed by atoms with E-state index < -0.39 is 0 Å². The lowest BCUT2D eigenvalue weighted by Crippen LogP contribution is -2.27. The van der Waals surface area contributed by atoms with E-state index in [2.05, 4.69) is 36.3 Å². The Morgan fingerprint density at radius 1 is 1.47 bits per heavy atom. The standard InChI is InChI=1S/C12H21N3O2/c1-12(2,3)10-7-9(11(16)15-14-10)8-13-5-6-17-4/h7,13H,5-6,8H2,1-4H3,(H,15,16). The molecule has 1 aromatic heterocycles. The summed E-state index contributed by atoms with van der Waals surface area (Å²) in [6, 6.07) is 1.86. The second-order valence-corrected chi connectivity index (χ2v) is 5.03. The lowest BCUT2D eigenvalue weighted by molar-refractivity contribution is 0.199. The predicted molar refractivity (Wildman–Crippen MR) is 67.1 cm³/mol. The molecule has 0 fully saturated rings. The molecule has 0 saturated heterocycles. The second kappa shape index (κ2) is 5.93. The first-order valence-corrected chi connectivity index (χ1v) is 5.74. The quantitative estimate of drug-likeness (QED) is 0.746. The highest BCUT2D eigenvalue weighted by Crippen LogP contribution is 2.18. The Labute approximate surface area is 102 Å². The van der Waals surface area contributed by atoms with Gasteiger partial charge in [0.1, 0.15) is 0 Å². The molecule has 0 aliphatic rings. The number of nitrogens with zero attached hydrogens (tertiary/aromatic N) is 1. The normalized spacial score (nSPS) is 11.8. The van der Waals surface area contributed by atoms with Crippen LogP contribution in [-0.2, 0) is 16.7 Å². The molecule has 1 rings (SSSR count). The number of methoxy groups -OCH3 is 1. The maximum atomic E-state index is 11.6. The first kappa shape index (κ1) is 13.9. The van der Waals surface area contributed by atoms with Crippen LogP contribution in [0.4, 0.5) is 0 Å². The van der Waals surface area contributed by atoms with Crippen LogP contribution in [0.15, 0.2) is 10.9 Å². The topological polar surface area (TPSA) is 67.0 Å². The molecule has 0 amide bonds. The number of H-pyrrole nitrogens is 1. The number of rotatable bonds is 5. The minimum Gasteiger partial charge on any atom is -0.383 e. The monoisotopic (exact) mass is 239 g/mol. The van der Waals surface area contributed by atoms with Crippen LogP contribution < -0.4 is 10.9 Å². The van der Waals surface area contributed by atoms with E-state index in [-0.39, 0.29) is 11.0 Å². The number of aromatic nitrogens is 2. The van der Waals surface area contributed by atoms with Gasteiger partial charge in [-0.05, 0) is 6.07 Å². The van der Waals surface area contributed by atoms with Crippen LogP contribution in [0.2, 0.25) is 0 Å². The van der Waals surface area contributed by atoms with Crippen LogP contribution in [0.3, 0.4) is 0 Å². The molecule has 17 heavy (non-hydrogen) atoms. The maximum Gasteiger partial charge on any atom is 0.268 e. The zero-order chi connectivity index (χ0) is 12.9. The summed E-state index contributed by atoms with van der Waals surface area (Å²) in [5.41, 5.74) is 1.40. The molecule has 0 aliphatic carbocycles. The Bertz CT molecular complexity index is 407. The number of hydrogen-bond acceptors (Lipinski definition) is 4. The largest absolute Gasteiger partial charge is 0.383 e. The minimum absolute atomic E-state index is 0.0640. The second-order valence-electron chi connectivity index (χ2n) is 5.03. The van der Waals surface area contributed by atoms with Crippen molar-refractivity contribution in [2.24, 2.45) is 0 Å². The Balaban J connectivity index is 2.74. The van der Waals surface area contributed by atoms with Gasteiger partial charge in [0.25, 0.3) is 5.56 Å². The van der Waals surface area contributed by atoms with Gasteiger partial charge in [-0.25, -0.2) is 5.10 Å². The first-order valence-electron chi connectivity index (χ1n) is 5.74. The average Bonchev–Trinajstić information content (AvgIpc) is 2.25. The SMILES string of the molecule is COCCNCc1cc(C(C)(C)C)n[nH]c1=O. The molecule has 0 aromatic carbocycles. The number of nitrogens with one attached hydrogen (secondary N) is 2. The Morgan fingerprint density at radius 2 is 2.18 bits per heavy atom. The van der Waals surface area contributed by atoms with Crippen molar-refractivity contribution in [3.8, 4) is 0 Å². The van der Waals surface area contributed by atoms with Gasteiger partial charge in [0.15, 0.2) is 0 Å². The van der Waals surface area contributed by atoms with E-state index in [1.807, 2.05) is 6.07 Å². The summed E-state index contributed by atoms with van der Waals surface area (Å²) >= 11 is 0. The summed E-state index contributed by atoms with van der Waals surface area (Å²) in [6.07, 6.45) is 0. The third kappa shape index (κ3) is 4.28. The molecule has 5 nitrogen and oxygen atoms in total. The van der Waals surface area contributed by atoms with Crippen LogP contribution in [0.25, 0.3) is 0 Å². The molecular formula is C12H21N3O2. The third-order valence-electron chi connectivity index (χ3n) is 2.45. The zero-order valence-electron chi connectivity index (χ0n) is 11.0. The molecule has 0 bridgehead atoms. The van der Waals surface area contributed by atoms with Gasteiger partial charge in [-0.2, -0.15) is 5.10 Å². The van der Waals surface area contributed by atoms with Gasteiger partial charge >= 0.3 is 0 Å². The molecular weight excluding hydrogens is 218 g/mol. The van der Waals surface area contributed by atoms with Crippen molar-refractivity contribution < 1.29 is 4.74 Å². The fraction of sp³-hybridized carbons (Fsp3) is 0.667. The van der Waals surface area contributed by atoms with E-state index in [9.17, 15) is 4.79 Å².